The van der Waals surface area contributed by atoms with Gasteiger partial charge in [0, 0.05) is 24.0 Å². The molecule has 1 saturated heterocycles. The molecule has 4 nitrogen and oxygen atoms in total. The number of halogens is 1. The standard InChI is InChI=1S/C15H18BrNO3S/c1-2-15(14(19)20)8-3-9-17(10-15)13(18)7-5-11-4-6-12(16)21-11/h4-7H,2-3,8-10H2,1H3,(H,19,20). The molecule has 1 aromatic heterocycles. The normalized spacial score (nSPS) is 22.7. The van der Waals surface area contributed by atoms with Crippen molar-refractivity contribution in [2.24, 2.45) is 5.41 Å². The minimum Gasteiger partial charge on any atom is -0.481 e. The number of nitrogens with zero attached hydrogens (tertiary/aromatic N) is 1. The van der Waals surface area contributed by atoms with Crippen LogP contribution in [0.15, 0.2) is 22.0 Å². The predicted octanol–water partition coefficient (Wildman–Crippen LogP) is 3.63. The van der Waals surface area contributed by atoms with Crippen molar-refractivity contribution >= 4 is 45.2 Å². The molecule has 21 heavy (non-hydrogen) atoms. The third-order valence-electron chi connectivity index (χ3n) is 4.00. The summed E-state index contributed by atoms with van der Waals surface area (Å²) in [5, 5.41) is 9.44. The number of amides is 1. The van der Waals surface area contributed by atoms with E-state index in [2.05, 4.69) is 15.9 Å². The van der Waals surface area contributed by atoms with Gasteiger partial charge in [0.1, 0.15) is 0 Å². The first kappa shape index (κ1) is 16.2. The van der Waals surface area contributed by atoms with Crippen molar-refractivity contribution in [2.45, 2.75) is 26.2 Å². The van der Waals surface area contributed by atoms with Crippen LogP contribution >= 0.6 is 27.3 Å². The highest BCUT2D eigenvalue weighted by Crippen LogP contribution is 2.33. The summed E-state index contributed by atoms with van der Waals surface area (Å²) in [6.07, 6.45) is 5.24. The molecule has 2 rings (SSSR count). The van der Waals surface area contributed by atoms with E-state index < -0.39 is 11.4 Å². The van der Waals surface area contributed by atoms with E-state index >= 15 is 0 Å². The number of carbonyl (C=O) groups excluding carboxylic acids is 1. The molecule has 0 aliphatic carbocycles. The van der Waals surface area contributed by atoms with Gasteiger partial charge in [0.2, 0.25) is 5.91 Å². The third kappa shape index (κ3) is 3.74. The van der Waals surface area contributed by atoms with E-state index in [0.29, 0.717) is 25.9 Å². The Bertz CT molecular complexity index is 569. The Morgan fingerprint density at radius 3 is 2.86 bits per heavy atom. The molecule has 1 atom stereocenters. The van der Waals surface area contributed by atoms with Crippen LogP contribution in [0.2, 0.25) is 0 Å². The van der Waals surface area contributed by atoms with E-state index in [4.69, 9.17) is 0 Å². The van der Waals surface area contributed by atoms with Crippen molar-refractivity contribution in [3.8, 4) is 0 Å². The van der Waals surface area contributed by atoms with Crippen molar-refractivity contribution < 1.29 is 14.7 Å². The lowest BCUT2D eigenvalue weighted by Gasteiger charge is -2.39. The van der Waals surface area contributed by atoms with Gasteiger partial charge in [0.05, 0.1) is 9.20 Å². The van der Waals surface area contributed by atoms with E-state index in [0.717, 1.165) is 15.1 Å². The van der Waals surface area contributed by atoms with Gasteiger partial charge < -0.3 is 10.0 Å². The van der Waals surface area contributed by atoms with Gasteiger partial charge in [-0.2, -0.15) is 0 Å². The molecule has 1 fully saturated rings. The maximum Gasteiger partial charge on any atom is 0.311 e. The molecule has 1 amide bonds. The first-order valence-corrected chi connectivity index (χ1v) is 8.53. The zero-order valence-electron chi connectivity index (χ0n) is 11.8. The monoisotopic (exact) mass is 371 g/mol. The molecule has 0 aromatic carbocycles. The molecule has 2 heterocycles. The van der Waals surface area contributed by atoms with E-state index in [-0.39, 0.29) is 5.91 Å². The fourth-order valence-electron chi connectivity index (χ4n) is 2.61. The van der Waals surface area contributed by atoms with Gasteiger partial charge in [-0.3, -0.25) is 9.59 Å². The second kappa shape index (κ2) is 6.75. The van der Waals surface area contributed by atoms with E-state index in [1.54, 1.807) is 22.3 Å². The number of thiophene rings is 1. The molecule has 114 valence electrons. The van der Waals surface area contributed by atoms with Crippen LogP contribution in [0, 0.1) is 5.41 Å². The van der Waals surface area contributed by atoms with Crippen molar-refractivity contribution in [1.29, 1.82) is 0 Å². The topological polar surface area (TPSA) is 57.6 Å². The summed E-state index contributed by atoms with van der Waals surface area (Å²) in [4.78, 5) is 26.4. The lowest BCUT2D eigenvalue weighted by atomic mass is 9.77. The predicted molar refractivity (Wildman–Crippen MR) is 87.2 cm³/mol. The van der Waals surface area contributed by atoms with Gasteiger partial charge >= 0.3 is 5.97 Å². The Balaban J connectivity index is 2.05. The van der Waals surface area contributed by atoms with Crippen molar-refractivity contribution in [1.82, 2.24) is 4.90 Å². The van der Waals surface area contributed by atoms with Gasteiger partial charge in [-0.15, -0.1) is 11.3 Å². The van der Waals surface area contributed by atoms with Gasteiger partial charge in [-0.1, -0.05) is 6.92 Å². The van der Waals surface area contributed by atoms with Gasteiger partial charge in [-0.25, -0.2) is 0 Å². The molecule has 1 aliphatic rings. The van der Waals surface area contributed by atoms with Crippen molar-refractivity contribution in [3.05, 3.63) is 26.9 Å². The largest absolute Gasteiger partial charge is 0.481 e. The molecule has 1 unspecified atom stereocenters. The number of hydrogen-bond acceptors (Lipinski definition) is 3. The highest BCUT2D eigenvalue weighted by Gasteiger charge is 2.41. The van der Waals surface area contributed by atoms with Gasteiger partial charge in [-0.05, 0) is 53.4 Å². The second-order valence-electron chi connectivity index (χ2n) is 5.28. The number of carboxylic acids is 1. The highest BCUT2D eigenvalue weighted by atomic mass is 79.9. The molecule has 1 aliphatic heterocycles. The summed E-state index contributed by atoms with van der Waals surface area (Å²) < 4.78 is 1.02. The van der Waals surface area contributed by atoms with Crippen molar-refractivity contribution in [3.63, 3.8) is 0 Å². The van der Waals surface area contributed by atoms with Gasteiger partial charge in [0.25, 0.3) is 0 Å². The minimum absolute atomic E-state index is 0.113. The summed E-state index contributed by atoms with van der Waals surface area (Å²) in [6.45, 7) is 2.81. The Labute approximate surface area is 136 Å². The molecule has 0 radical (unpaired) electrons. The van der Waals surface area contributed by atoms with E-state index in [9.17, 15) is 14.7 Å². The number of hydrogen-bond donors (Lipinski definition) is 1. The van der Waals surface area contributed by atoms with Crippen LogP contribution in [0.3, 0.4) is 0 Å². The molecule has 1 N–H and O–H groups in total. The number of rotatable bonds is 4. The number of carboxylic acid groups (broad SMARTS) is 1. The summed E-state index contributed by atoms with van der Waals surface area (Å²) in [5.74, 6) is -0.910. The average molecular weight is 372 g/mol. The molecule has 0 bridgehead atoms. The van der Waals surface area contributed by atoms with Crippen LogP contribution in [-0.4, -0.2) is 35.0 Å². The first-order valence-electron chi connectivity index (χ1n) is 6.92. The highest BCUT2D eigenvalue weighted by molar-refractivity contribution is 9.11. The fraction of sp³-hybridized carbons (Fsp3) is 0.467. The molecular formula is C15H18BrNO3S. The van der Waals surface area contributed by atoms with Crippen molar-refractivity contribution in [2.75, 3.05) is 13.1 Å². The Morgan fingerprint density at radius 1 is 1.52 bits per heavy atom. The summed E-state index contributed by atoms with van der Waals surface area (Å²) >= 11 is 4.93. The Hall–Kier alpha value is -1.14. The SMILES string of the molecule is CCC1(C(=O)O)CCCN(C(=O)C=Cc2ccc(Br)s2)C1. The summed E-state index contributed by atoms with van der Waals surface area (Å²) in [6, 6.07) is 3.87. The summed E-state index contributed by atoms with van der Waals surface area (Å²) in [5.41, 5.74) is -0.784. The molecular weight excluding hydrogens is 354 g/mol. The Kier molecular flexibility index (Phi) is 5.22. The number of likely N-dealkylation sites (tertiary alicyclic amines) is 1. The van der Waals surface area contributed by atoms with Crippen LogP contribution in [0.25, 0.3) is 6.08 Å². The third-order valence-corrected chi connectivity index (χ3v) is 5.59. The lowest BCUT2D eigenvalue weighted by molar-refractivity contribution is -0.154. The zero-order valence-corrected chi connectivity index (χ0v) is 14.2. The zero-order chi connectivity index (χ0) is 15.5. The lowest BCUT2D eigenvalue weighted by Crippen LogP contribution is -2.49. The van der Waals surface area contributed by atoms with Crippen LogP contribution in [0.4, 0.5) is 0 Å². The number of aliphatic carboxylic acids is 1. The Morgan fingerprint density at radius 2 is 2.29 bits per heavy atom. The number of piperidine rings is 1. The minimum atomic E-state index is -0.798. The number of carbonyl (C=O) groups is 2. The molecule has 6 heteroatoms. The van der Waals surface area contributed by atoms with Crippen LogP contribution in [0.1, 0.15) is 31.1 Å². The quantitative estimate of drug-likeness (QED) is 0.822. The average Bonchev–Trinajstić information content (AvgIpc) is 2.90. The molecule has 1 aromatic rings. The second-order valence-corrected chi connectivity index (χ2v) is 7.77. The molecule has 0 spiro atoms. The maximum atomic E-state index is 12.2. The summed E-state index contributed by atoms with van der Waals surface area (Å²) in [7, 11) is 0. The maximum absolute atomic E-state index is 12.2. The van der Waals surface area contributed by atoms with Crippen LogP contribution in [-0.2, 0) is 9.59 Å². The smallest absolute Gasteiger partial charge is 0.311 e. The van der Waals surface area contributed by atoms with Crippen LogP contribution < -0.4 is 0 Å². The van der Waals surface area contributed by atoms with Gasteiger partial charge in [0.15, 0.2) is 0 Å². The van der Waals surface area contributed by atoms with E-state index in [1.807, 2.05) is 19.1 Å². The van der Waals surface area contributed by atoms with E-state index in [1.165, 1.54) is 6.08 Å². The molecule has 0 saturated carbocycles. The fourth-order valence-corrected chi connectivity index (χ4v) is 3.94. The van der Waals surface area contributed by atoms with Crippen LogP contribution in [0.5, 0.6) is 0 Å². The first-order chi connectivity index (χ1) is 9.97.